The summed E-state index contributed by atoms with van der Waals surface area (Å²) >= 11 is 0. The summed E-state index contributed by atoms with van der Waals surface area (Å²) in [4.78, 5) is 0.289. The lowest BCUT2D eigenvalue weighted by Crippen LogP contribution is -2.09. The molecule has 0 aliphatic heterocycles. The Labute approximate surface area is 124 Å². The third-order valence-electron chi connectivity index (χ3n) is 3.44. The van der Waals surface area contributed by atoms with Crippen molar-refractivity contribution in [1.29, 1.82) is 0 Å². The molecule has 2 aromatic carbocycles. The smallest absolute Gasteiger partial charge is 0.175 e. The quantitative estimate of drug-likeness (QED) is 0.924. The molecule has 0 bridgehead atoms. The number of hydrogen-bond acceptors (Lipinski definition) is 3. The van der Waals surface area contributed by atoms with Crippen molar-refractivity contribution in [3.63, 3.8) is 0 Å². The predicted molar refractivity (Wildman–Crippen MR) is 81.5 cm³/mol. The second-order valence-electron chi connectivity index (χ2n) is 5.02. The summed E-state index contributed by atoms with van der Waals surface area (Å²) in [6, 6.07) is 13.1. The topological polar surface area (TPSA) is 60.2 Å². The fraction of sp³-hybridized carbons (Fsp3) is 0.250. The summed E-state index contributed by atoms with van der Waals surface area (Å²) < 4.78 is 36.0. The Kier molecular flexibility index (Phi) is 4.75. The molecule has 0 aromatic heterocycles. The van der Waals surface area contributed by atoms with Crippen LogP contribution in [-0.4, -0.2) is 21.2 Å². The van der Waals surface area contributed by atoms with Gasteiger partial charge in [0.2, 0.25) is 0 Å². The largest absolute Gasteiger partial charge is 0.330 e. The van der Waals surface area contributed by atoms with Gasteiger partial charge >= 0.3 is 0 Å². The van der Waals surface area contributed by atoms with Gasteiger partial charge in [-0.1, -0.05) is 24.3 Å². The molecule has 0 saturated heterocycles. The average Bonchev–Trinajstić information content (AvgIpc) is 2.45. The standard InChI is InChI=1S/C16H18FNO2S/c1-21(19,20)15-8-4-13(5-9-15)16(10-11-18)12-2-6-14(17)7-3-12/h2-9,16H,10-11,18H2,1H3/t16-/m0/s1. The van der Waals surface area contributed by atoms with Gasteiger partial charge in [-0.25, -0.2) is 12.8 Å². The third-order valence-corrected chi connectivity index (χ3v) is 4.57. The van der Waals surface area contributed by atoms with Crippen LogP contribution >= 0.6 is 0 Å². The Balaban J connectivity index is 2.36. The fourth-order valence-corrected chi connectivity index (χ4v) is 2.97. The molecule has 3 nitrogen and oxygen atoms in total. The summed E-state index contributed by atoms with van der Waals surface area (Å²) in [6.45, 7) is 0.496. The summed E-state index contributed by atoms with van der Waals surface area (Å²) in [7, 11) is -3.20. The van der Waals surface area contributed by atoms with Gasteiger partial charge in [-0.2, -0.15) is 0 Å². The number of hydrogen-bond donors (Lipinski definition) is 1. The molecule has 2 rings (SSSR count). The minimum Gasteiger partial charge on any atom is -0.330 e. The van der Waals surface area contributed by atoms with Crippen molar-refractivity contribution in [2.45, 2.75) is 17.2 Å². The van der Waals surface area contributed by atoms with E-state index in [0.29, 0.717) is 13.0 Å². The maximum Gasteiger partial charge on any atom is 0.175 e. The molecule has 0 unspecified atom stereocenters. The van der Waals surface area contributed by atoms with E-state index in [1.54, 1.807) is 36.4 Å². The first-order chi connectivity index (χ1) is 9.91. The van der Waals surface area contributed by atoms with Crippen molar-refractivity contribution in [3.8, 4) is 0 Å². The van der Waals surface area contributed by atoms with E-state index >= 15 is 0 Å². The van der Waals surface area contributed by atoms with Crippen LogP contribution in [0.1, 0.15) is 23.5 Å². The van der Waals surface area contributed by atoms with Crippen LogP contribution in [-0.2, 0) is 9.84 Å². The van der Waals surface area contributed by atoms with Crippen molar-refractivity contribution in [2.24, 2.45) is 5.73 Å². The van der Waals surface area contributed by atoms with Gasteiger partial charge in [-0.05, 0) is 48.4 Å². The molecule has 0 fully saturated rings. The Morgan fingerprint density at radius 2 is 1.48 bits per heavy atom. The average molecular weight is 307 g/mol. The molecule has 0 heterocycles. The highest BCUT2D eigenvalue weighted by Gasteiger charge is 2.15. The zero-order chi connectivity index (χ0) is 15.5. The van der Waals surface area contributed by atoms with Crippen LogP contribution in [0.4, 0.5) is 4.39 Å². The zero-order valence-corrected chi connectivity index (χ0v) is 12.6. The second kappa shape index (κ2) is 6.37. The van der Waals surface area contributed by atoms with E-state index in [0.717, 1.165) is 11.1 Å². The maximum atomic E-state index is 13.0. The lowest BCUT2D eigenvalue weighted by molar-refractivity contribution is 0.601. The van der Waals surface area contributed by atoms with E-state index in [2.05, 4.69) is 0 Å². The van der Waals surface area contributed by atoms with Gasteiger partial charge < -0.3 is 5.73 Å². The normalized spacial score (nSPS) is 13.1. The van der Waals surface area contributed by atoms with Gasteiger partial charge in [0.1, 0.15) is 5.82 Å². The van der Waals surface area contributed by atoms with Gasteiger partial charge in [-0.15, -0.1) is 0 Å². The Morgan fingerprint density at radius 3 is 1.90 bits per heavy atom. The van der Waals surface area contributed by atoms with Gasteiger partial charge in [0.25, 0.3) is 0 Å². The molecule has 5 heteroatoms. The number of rotatable bonds is 5. The molecule has 0 spiro atoms. The lowest BCUT2D eigenvalue weighted by atomic mass is 9.88. The van der Waals surface area contributed by atoms with E-state index in [9.17, 15) is 12.8 Å². The first-order valence-corrected chi connectivity index (χ1v) is 8.56. The van der Waals surface area contributed by atoms with Crippen molar-refractivity contribution in [1.82, 2.24) is 0 Å². The zero-order valence-electron chi connectivity index (χ0n) is 11.8. The van der Waals surface area contributed by atoms with Crippen molar-refractivity contribution in [3.05, 3.63) is 65.5 Å². The number of sulfone groups is 1. The Hall–Kier alpha value is -1.72. The fourth-order valence-electron chi connectivity index (χ4n) is 2.33. The van der Waals surface area contributed by atoms with Crippen LogP contribution in [0.15, 0.2) is 53.4 Å². The second-order valence-corrected chi connectivity index (χ2v) is 7.04. The molecule has 0 amide bonds. The van der Waals surface area contributed by atoms with Gasteiger partial charge in [-0.3, -0.25) is 0 Å². The Morgan fingerprint density at radius 1 is 1.00 bits per heavy atom. The van der Waals surface area contributed by atoms with Gasteiger partial charge in [0.15, 0.2) is 9.84 Å². The van der Waals surface area contributed by atoms with E-state index in [-0.39, 0.29) is 16.6 Å². The lowest BCUT2D eigenvalue weighted by Gasteiger charge is -2.17. The van der Waals surface area contributed by atoms with Crippen molar-refractivity contribution < 1.29 is 12.8 Å². The minimum atomic E-state index is -3.20. The summed E-state index contributed by atoms with van der Waals surface area (Å²) in [5.74, 6) is -0.248. The SMILES string of the molecule is CS(=O)(=O)c1ccc([C@@H](CCN)c2ccc(F)cc2)cc1. The van der Waals surface area contributed by atoms with Crippen LogP contribution < -0.4 is 5.73 Å². The van der Waals surface area contributed by atoms with E-state index in [1.807, 2.05) is 0 Å². The van der Waals surface area contributed by atoms with Crippen LogP contribution in [0.3, 0.4) is 0 Å². The highest BCUT2D eigenvalue weighted by atomic mass is 32.2. The molecule has 2 aromatic rings. The molecular weight excluding hydrogens is 289 g/mol. The Bertz CT molecular complexity index is 694. The summed E-state index contributed by atoms with van der Waals surface area (Å²) in [6.07, 6.45) is 1.89. The van der Waals surface area contributed by atoms with Crippen LogP contribution in [0.25, 0.3) is 0 Å². The summed E-state index contributed by atoms with van der Waals surface area (Å²) in [5.41, 5.74) is 7.60. The molecule has 2 N–H and O–H groups in total. The molecule has 112 valence electrons. The highest BCUT2D eigenvalue weighted by molar-refractivity contribution is 7.90. The number of halogens is 1. The predicted octanol–water partition coefficient (Wildman–Crippen LogP) is 2.71. The third kappa shape index (κ3) is 3.89. The van der Waals surface area contributed by atoms with Crippen LogP contribution in [0.2, 0.25) is 0 Å². The summed E-state index contributed by atoms with van der Waals surface area (Å²) in [5, 5.41) is 0. The first-order valence-electron chi connectivity index (χ1n) is 6.67. The monoisotopic (exact) mass is 307 g/mol. The molecule has 0 saturated carbocycles. The molecule has 1 atom stereocenters. The van der Waals surface area contributed by atoms with E-state index < -0.39 is 9.84 Å². The van der Waals surface area contributed by atoms with Crippen LogP contribution in [0, 0.1) is 5.82 Å². The first kappa shape index (κ1) is 15.7. The minimum absolute atomic E-state index is 0.0317. The molecule has 0 aliphatic rings. The molecular formula is C16H18FNO2S. The van der Waals surface area contributed by atoms with Crippen molar-refractivity contribution in [2.75, 3.05) is 12.8 Å². The molecule has 0 radical (unpaired) electrons. The number of nitrogens with two attached hydrogens (primary N) is 1. The van der Waals surface area contributed by atoms with Crippen molar-refractivity contribution >= 4 is 9.84 Å². The maximum absolute atomic E-state index is 13.0. The van der Waals surface area contributed by atoms with Gasteiger partial charge in [0.05, 0.1) is 4.90 Å². The number of benzene rings is 2. The van der Waals surface area contributed by atoms with E-state index in [4.69, 9.17) is 5.73 Å². The van der Waals surface area contributed by atoms with E-state index in [1.165, 1.54) is 18.4 Å². The molecule has 21 heavy (non-hydrogen) atoms. The van der Waals surface area contributed by atoms with Crippen LogP contribution in [0.5, 0.6) is 0 Å². The highest BCUT2D eigenvalue weighted by Crippen LogP contribution is 2.28. The molecule has 0 aliphatic carbocycles. The van der Waals surface area contributed by atoms with Gasteiger partial charge in [0, 0.05) is 12.2 Å².